The molecule has 0 aliphatic rings. The molecule has 3 rings (SSSR count). The third kappa shape index (κ3) is 3.76. The first-order valence-corrected chi connectivity index (χ1v) is 9.43. The summed E-state index contributed by atoms with van der Waals surface area (Å²) in [6.45, 7) is 7.26. The Bertz CT molecular complexity index is 902. The standard InChI is InChI=1S/C18H22FN5OS/c1-4-23(5-2)10-11-24(17(25)15-8-9-20-22(15)3)18-21-14-7-6-13(19)12-16(14)26-18/h6-9,12H,4-5,10-11H2,1-3H3. The molecule has 6 nitrogen and oxygen atoms in total. The van der Waals surface area contributed by atoms with Crippen molar-refractivity contribution in [1.29, 1.82) is 0 Å². The van der Waals surface area contributed by atoms with Gasteiger partial charge in [0.2, 0.25) is 0 Å². The average molecular weight is 375 g/mol. The molecule has 0 N–H and O–H groups in total. The molecule has 0 aliphatic heterocycles. The van der Waals surface area contributed by atoms with Gasteiger partial charge in [0.15, 0.2) is 5.13 Å². The van der Waals surface area contributed by atoms with Gasteiger partial charge >= 0.3 is 0 Å². The molecule has 0 saturated heterocycles. The molecule has 0 atom stereocenters. The van der Waals surface area contributed by atoms with E-state index in [1.165, 1.54) is 23.5 Å². The predicted octanol–water partition coefficient (Wildman–Crippen LogP) is 3.16. The normalized spacial score (nSPS) is 11.4. The van der Waals surface area contributed by atoms with Gasteiger partial charge in [-0.15, -0.1) is 0 Å². The molecule has 0 bridgehead atoms. The van der Waals surface area contributed by atoms with Crippen LogP contribution in [0.1, 0.15) is 24.3 Å². The van der Waals surface area contributed by atoms with Crippen LogP contribution in [-0.4, -0.2) is 51.8 Å². The minimum atomic E-state index is -0.305. The van der Waals surface area contributed by atoms with Crippen molar-refractivity contribution in [1.82, 2.24) is 19.7 Å². The average Bonchev–Trinajstić information content (AvgIpc) is 3.23. The summed E-state index contributed by atoms with van der Waals surface area (Å²) in [5.41, 5.74) is 1.19. The van der Waals surface area contributed by atoms with Crippen molar-refractivity contribution in [2.45, 2.75) is 13.8 Å². The number of amides is 1. The number of likely N-dealkylation sites (N-methyl/N-ethyl adjacent to an activating group) is 1. The van der Waals surface area contributed by atoms with Gasteiger partial charge < -0.3 is 4.90 Å². The maximum atomic E-state index is 13.5. The number of fused-ring (bicyclic) bond motifs is 1. The van der Waals surface area contributed by atoms with Crippen LogP contribution in [0.2, 0.25) is 0 Å². The van der Waals surface area contributed by atoms with Crippen molar-refractivity contribution in [2.75, 3.05) is 31.1 Å². The van der Waals surface area contributed by atoms with Crippen LogP contribution in [0.5, 0.6) is 0 Å². The van der Waals surface area contributed by atoms with Crippen LogP contribution in [0.15, 0.2) is 30.5 Å². The fourth-order valence-electron chi connectivity index (χ4n) is 2.79. The van der Waals surface area contributed by atoms with Crippen molar-refractivity contribution in [3.63, 3.8) is 0 Å². The molecule has 0 fully saturated rings. The Balaban J connectivity index is 1.95. The van der Waals surface area contributed by atoms with E-state index in [2.05, 4.69) is 28.8 Å². The highest BCUT2D eigenvalue weighted by Crippen LogP contribution is 2.30. The van der Waals surface area contributed by atoms with Crippen LogP contribution >= 0.6 is 11.3 Å². The number of nitrogens with zero attached hydrogens (tertiary/aromatic N) is 5. The van der Waals surface area contributed by atoms with Crippen LogP contribution in [-0.2, 0) is 7.05 Å². The number of rotatable bonds is 7. The Kier molecular flexibility index (Phi) is 5.63. The Morgan fingerprint density at radius 3 is 2.65 bits per heavy atom. The van der Waals surface area contributed by atoms with Gasteiger partial charge in [-0.25, -0.2) is 9.37 Å². The molecule has 1 amide bonds. The van der Waals surface area contributed by atoms with E-state index in [0.29, 0.717) is 22.9 Å². The van der Waals surface area contributed by atoms with Crippen molar-refractivity contribution >= 4 is 32.6 Å². The Morgan fingerprint density at radius 1 is 1.23 bits per heavy atom. The quantitative estimate of drug-likeness (QED) is 0.637. The summed E-state index contributed by atoms with van der Waals surface area (Å²) in [7, 11) is 1.74. The summed E-state index contributed by atoms with van der Waals surface area (Å²) in [5, 5.41) is 4.66. The lowest BCUT2D eigenvalue weighted by molar-refractivity contribution is 0.0974. The van der Waals surface area contributed by atoms with Gasteiger partial charge in [0.1, 0.15) is 11.5 Å². The highest BCUT2D eigenvalue weighted by atomic mass is 32.1. The zero-order chi connectivity index (χ0) is 18.7. The molecule has 3 aromatic rings. The zero-order valence-electron chi connectivity index (χ0n) is 15.1. The lowest BCUT2D eigenvalue weighted by Crippen LogP contribution is -2.39. The van der Waals surface area contributed by atoms with Crippen molar-refractivity contribution in [3.8, 4) is 0 Å². The molecule has 8 heteroatoms. The highest BCUT2D eigenvalue weighted by Gasteiger charge is 2.24. The number of thiazole rings is 1. The maximum Gasteiger partial charge on any atom is 0.278 e. The minimum Gasteiger partial charge on any atom is -0.302 e. The number of aromatic nitrogens is 3. The summed E-state index contributed by atoms with van der Waals surface area (Å²) in [5.74, 6) is -0.461. The molecule has 138 valence electrons. The van der Waals surface area contributed by atoms with E-state index in [0.717, 1.165) is 24.3 Å². The van der Waals surface area contributed by atoms with Gasteiger partial charge in [0.25, 0.3) is 5.91 Å². The Hall–Kier alpha value is -2.32. The van der Waals surface area contributed by atoms with Crippen LogP contribution in [0.4, 0.5) is 9.52 Å². The first-order valence-electron chi connectivity index (χ1n) is 8.61. The molecule has 0 spiro atoms. The van der Waals surface area contributed by atoms with Gasteiger partial charge in [0, 0.05) is 26.3 Å². The maximum absolute atomic E-state index is 13.5. The van der Waals surface area contributed by atoms with E-state index in [4.69, 9.17) is 0 Å². The van der Waals surface area contributed by atoms with Crippen LogP contribution in [0.25, 0.3) is 10.2 Å². The van der Waals surface area contributed by atoms with Gasteiger partial charge in [-0.05, 0) is 37.4 Å². The topological polar surface area (TPSA) is 54.3 Å². The monoisotopic (exact) mass is 375 g/mol. The minimum absolute atomic E-state index is 0.156. The first-order chi connectivity index (χ1) is 12.5. The lowest BCUT2D eigenvalue weighted by Gasteiger charge is -2.24. The van der Waals surface area contributed by atoms with Gasteiger partial charge in [-0.2, -0.15) is 5.10 Å². The number of hydrogen-bond donors (Lipinski definition) is 0. The van der Waals surface area contributed by atoms with Crippen molar-refractivity contribution in [3.05, 3.63) is 42.0 Å². The second-order valence-electron chi connectivity index (χ2n) is 5.93. The summed E-state index contributed by atoms with van der Waals surface area (Å²) >= 11 is 1.32. The predicted molar refractivity (Wildman–Crippen MR) is 102 cm³/mol. The van der Waals surface area contributed by atoms with E-state index in [-0.39, 0.29) is 11.7 Å². The molecule has 2 aromatic heterocycles. The number of aryl methyl sites for hydroxylation is 1. The summed E-state index contributed by atoms with van der Waals surface area (Å²) in [6, 6.07) is 6.17. The molecular weight excluding hydrogens is 353 g/mol. The second kappa shape index (κ2) is 7.92. The Labute approximate surface area is 155 Å². The van der Waals surface area contributed by atoms with E-state index in [1.807, 2.05) is 0 Å². The third-order valence-electron chi connectivity index (χ3n) is 4.39. The van der Waals surface area contributed by atoms with Gasteiger partial charge in [0.05, 0.1) is 10.2 Å². The van der Waals surface area contributed by atoms with E-state index >= 15 is 0 Å². The SMILES string of the molecule is CCN(CC)CCN(C(=O)c1ccnn1C)c1nc2ccc(F)cc2s1. The van der Waals surface area contributed by atoms with Crippen LogP contribution in [0.3, 0.4) is 0 Å². The molecule has 0 unspecified atom stereocenters. The fraction of sp³-hybridized carbons (Fsp3) is 0.389. The Morgan fingerprint density at radius 2 is 2.00 bits per heavy atom. The van der Waals surface area contributed by atoms with Crippen LogP contribution < -0.4 is 4.90 Å². The largest absolute Gasteiger partial charge is 0.302 e. The molecule has 26 heavy (non-hydrogen) atoms. The number of carbonyl (C=O) groups excluding carboxylic acids is 1. The molecule has 0 radical (unpaired) electrons. The van der Waals surface area contributed by atoms with E-state index in [1.54, 1.807) is 35.0 Å². The van der Waals surface area contributed by atoms with Gasteiger partial charge in [-0.1, -0.05) is 25.2 Å². The summed E-state index contributed by atoms with van der Waals surface area (Å²) in [4.78, 5) is 21.6. The molecule has 0 saturated carbocycles. The van der Waals surface area contributed by atoms with Gasteiger partial charge in [-0.3, -0.25) is 14.4 Å². The molecule has 0 aliphatic carbocycles. The third-order valence-corrected chi connectivity index (χ3v) is 5.43. The molecule has 2 heterocycles. The number of benzene rings is 1. The fourth-order valence-corrected chi connectivity index (χ4v) is 3.80. The number of halogens is 1. The summed E-state index contributed by atoms with van der Waals surface area (Å²) < 4.78 is 15.8. The smallest absolute Gasteiger partial charge is 0.278 e. The lowest BCUT2D eigenvalue weighted by atomic mass is 10.3. The summed E-state index contributed by atoms with van der Waals surface area (Å²) in [6.07, 6.45) is 1.60. The van der Waals surface area contributed by atoms with Crippen molar-refractivity contribution < 1.29 is 9.18 Å². The molecule has 1 aromatic carbocycles. The van der Waals surface area contributed by atoms with Crippen molar-refractivity contribution in [2.24, 2.45) is 7.05 Å². The first kappa shape index (κ1) is 18.5. The highest BCUT2D eigenvalue weighted by molar-refractivity contribution is 7.22. The zero-order valence-corrected chi connectivity index (χ0v) is 16.0. The number of carbonyl (C=O) groups is 1. The molecular formula is C18H22FN5OS. The number of hydrogen-bond acceptors (Lipinski definition) is 5. The number of anilines is 1. The van der Waals surface area contributed by atoms with E-state index < -0.39 is 0 Å². The van der Waals surface area contributed by atoms with E-state index in [9.17, 15) is 9.18 Å². The second-order valence-corrected chi connectivity index (χ2v) is 6.94. The van der Waals surface area contributed by atoms with Crippen LogP contribution in [0, 0.1) is 5.82 Å².